The van der Waals surface area contributed by atoms with Crippen LogP contribution in [0.25, 0.3) is 11.4 Å². The van der Waals surface area contributed by atoms with Crippen molar-refractivity contribution >= 4 is 24.0 Å². The molecule has 2 aromatic rings. The van der Waals surface area contributed by atoms with E-state index in [2.05, 4.69) is 25.9 Å². The lowest BCUT2D eigenvalue weighted by Gasteiger charge is -2.28. The van der Waals surface area contributed by atoms with Crippen molar-refractivity contribution in [2.75, 3.05) is 11.9 Å². The number of aromatic nitrogens is 4. The summed E-state index contributed by atoms with van der Waals surface area (Å²) in [6.07, 6.45) is 1.43. The molecule has 1 aromatic heterocycles. The zero-order valence-corrected chi connectivity index (χ0v) is 13.5. The lowest BCUT2D eigenvalue weighted by atomic mass is 9.81. The van der Waals surface area contributed by atoms with Gasteiger partial charge in [-0.2, -0.15) is 5.21 Å². The normalized spacial score (nSPS) is 10.9. The van der Waals surface area contributed by atoms with Gasteiger partial charge in [-0.25, -0.2) is 0 Å². The van der Waals surface area contributed by atoms with Crippen LogP contribution in [0, 0.1) is 5.41 Å². The Labute approximate surface area is 135 Å². The fourth-order valence-electron chi connectivity index (χ4n) is 2.20. The van der Waals surface area contributed by atoms with Gasteiger partial charge in [0.25, 0.3) is 0 Å². The monoisotopic (exact) mass is 324 g/mol. The summed E-state index contributed by atoms with van der Waals surface area (Å²) in [6.45, 7) is 4.30. The van der Waals surface area contributed by atoms with Crippen molar-refractivity contribution in [1.29, 1.82) is 0 Å². The van der Waals surface area contributed by atoms with Gasteiger partial charge in [-0.1, -0.05) is 13.8 Å². The summed E-state index contributed by atoms with van der Waals surface area (Å²) in [4.78, 5) is 12.4. The van der Waals surface area contributed by atoms with Gasteiger partial charge in [0.05, 0.1) is 5.41 Å². The largest absolute Gasteiger partial charge is 0.329 e. The minimum atomic E-state index is -0.508. The van der Waals surface area contributed by atoms with E-state index in [1.165, 1.54) is 0 Å². The second-order valence-corrected chi connectivity index (χ2v) is 4.96. The van der Waals surface area contributed by atoms with Gasteiger partial charge in [-0.3, -0.25) is 4.79 Å². The average Bonchev–Trinajstić information content (AvgIpc) is 3.05. The Kier molecular flexibility index (Phi) is 6.45. The molecule has 2 rings (SSSR count). The first kappa shape index (κ1) is 18.1. The number of halogens is 1. The van der Waals surface area contributed by atoms with E-state index in [0.29, 0.717) is 25.2 Å². The quantitative estimate of drug-likeness (QED) is 0.752. The fraction of sp³-hybridized carbons (Fsp3) is 0.429. The van der Waals surface area contributed by atoms with Crippen molar-refractivity contribution in [2.24, 2.45) is 11.1 Å². The molecule has 1 amide bonds. The molecule has 0 aliphatic carbocycles. The minimum Gasteiger partial charge on any atom is -0.329 e. The summed E-state index contributed by atoms with van der Waals surface area (Å²) < 4.78 is 0. The van der Waals surface area contributed by atoms with E-state index < -0.39 is 5.41 Å². The maximum absolute atomic E-state index is 12.4. The van der Waals surface area contributed by atoms with Crippen LogP contribution in [-0.2, 0) is 4.79 Å². The molecule has 0 aliphatic heterocycles. The number of nitrogens with two attached hydrogens (primary N) is 1. The number of nitrogens with one attached hydrogen (secondary N) is 2. The highest BCUT2D eigenvalue weighted by atomic mass is 35.5. The third kappa shape index (κ3) is 3.61. The standard InChI is InChI=1S/C14H20N6O.ClH/c1-3-14(4-2,9-15)13(21)16-11-7-5-10(6-8-11)12-17-19-20-18-12;/h5-8H,3-4,9,15H2,1-2H3,(H,16,21)(H,17,18,19,20);1H. The molecule has 0 bridgehead atoms. The van der Waals surface area contributed by atoms with E-state index in [1.807, 2.05) is 38.1 Å². The molecule has 0 aliphatic rings. The summed E-state index contributed by atoms with van der Waals surface area (Å²) in [5.74, 6) is 0.480. The van der Waals surface area contributed by atoms with Gasteiger partial charge < -0.3 is 11.1 Å². The van der Waals surface area contributed by atoms with Gasteiger partial charge in [0.1, 0.15) is 0 Å². The lowest BCUT2D eigenvalue weighted by molar-refractivity contribution is -0.125. The van der Waals surface area contributed by atoms with Crippen LogP contribution >= 0.6 is 12.4 Å². The number of hydrogen-bond acceptors (Lipinski definition) is 5. The number of anilines is 1. The molecule has 0 fully saturated rings. The molecule has 0 atom stereocenters. The second-order valence-electron chi connectivity index (χ2n) is 4.96. The molecule has 7 nitrogen and oxygen atoms in total. The predicted octanol–water partition coefficient (Wildman–Crippen LogP) is 1.99. The van der Waals surface area contributed by atoms with Gasteiger partial charge in [0.2, 0.25) is 11.7 Å². The van der Waals surface area contributed by atoms with E-state index in [9.17, 15) is 4.79 Å². The molecule has 0 saturated carbocycles. The third-order valence-corrected chi connectivity index (χ3v) is 3.97. The van der Waals surface area contributed by atoms with Crippen molar-refractivity contribution in [1.82, 2.24) is 20.6 Å². The predicted molar refractivity (Wildman–Crippen MR) is 87.6 cm³/mol. The van der Waals surface area contributed by atoms with Crippen molar-refractivity contribution in [3.8, 4) is 11.4 Å². The number of aromatic amines is 1. The summed E-state index contributed by atoms with van der Waals surface area (Å²) >= 11 is 0. The molecule has 0 saturated heterocycles. The lowest BCUT2D eigenvalue weighted by Crippen LogP contribution is -2.41. The zero-order valence-electron chi connectivity index (χ0n) is 12.7. The van der Waals surface area contributed by atoms with E-state index in [4.69, 9.17) is 5.73 Å². The third-order valence-electron chi connectivity index (χ3n) is 3.97. The van der Waals surface area contributed by atoms with Crippen molar-refractivity contribution in [3.63, 3.8) is 0 Å². The molecule has 8 heteroatoms. The fourth-order valence-corrected chi connectivity index (χ4v) is 2.20. The zero-order chi connectivity index (χ0) is 15.3. The number of benzene rings is 1. The van der Waals surface area contributed by atoms with Crippen LogP contribution in [0.1, 0.15) is 26.7 Å². The van der Waals surface area contributed by atoms with Gasteiger partial charge >= 0.3 is 0 Å². The number of carbonyl (C=O) groups excluding carboxylic acids is 1. The second kappa shape index (κ2) is 7.86. The van der Waals surface area contributed by atoms with Crippen LogP contribution in [0.15, 0.2) is 24.3 Å². The Bertz CT molecular complexity index is 572. The number of tetrazole rings is 1. The van der Waals surface area contributed by atoms with Crippen molar-refractivity contribution in [3.05, 3.63) is 24.3 Å². The van der Waals surface area contributed by atoms with Gasteiger partial charge in [-0.15, -0.1) is 22.6 Å². The minimum absolute atomic E-state index is 0. The van der Waals surface area contributed by atoms with Gasteiger partial charge in [0, 0.05) is 17.8 Å². The number of hydrogen-bond donors (Lipinski definition) is 3. The number of H-pyrrole nitrogens is 1. The van der Waals surface area contributed by atoms with Crippen LogP contribution in [0.5, 0.6) is 0 Å². The number of rotatable bonds is 6. The number of nitrogens with zero attached hydrogens (tertiary/aromatic N) is 3. The van der Waals surface area contributed by atoms with E-state index >= 15 is 0 Å². The Morgan fingerprint density at radius 3 is 2.36 bits per heavy atom. The molecule has 1 aromatic carbocycles. The Morgan fingerprint density at radius 2 is 1.91 bits per heavy atom. The van der Waals surface area contributed by atoms with Crippen LogP contribution in [-0.4, -0.2) is 33.1 Å². The van der Waals surface area contributed by atoms with Crippen LogP contribution in [0.4, 0.5) is 5.69 Å². The highest BCUT2D eigenvalue weighted by Gasteiger charge is 2.33. The molecule has 22 heavy (non-hydrogen) atoms. The summed E-state index contributed by atoms with van der Waals surface area (Å²) in [5.41, 5.74) is 6.84. The van der Waals surface area contributed by atoms with E-state index in [0.717, 1.165) is 11.3 Å². The summed E-state index contributed by atoms with van der Waals surface area (Å²) in [6, 6.07) is 7.30. The molecule has 1 heterocycles. The molecule has 0 spiro atoms. The Balaban J connectivity index is 0.00000242. The maximum atomic E-state index is 12.4. The highest BCUT2D eigenvalue weighted by Crippen LogP contribution is 2.27. The molecular weight excluding hydrogens is 304 g/mol. The van der Waals surface area contributed by atoms with Crippen LogP contribution < -0.4 is 11.1 Å². The summed E-state index contributed by atoms with van der Waals surface area (Å²) in [5, 5.41) is 16.7. The van der Waals surface area contributed by atoms with E-state index in [-0.39, 0.29) is 18.3 Å². The molecule has 0 radical (unpaired) electrons. The molecule has 4 N–H and O–H groups in total. The number of amides is 1. The van der Waals surface area contributed by atoms with Crippen molar-refractivity contribution in [2.45, 2.75) is 26.7 Å². The smallest absolute Gasteiger partial charge is 0.231 e. The molecule has 120 valence electrons. The SMILES string of the molecule is CCC(CC)(CN)C(=O)Nc1ccc(-c2nn[nH]n2)cc1.Cl. The first-order chi connectivity index (χ1) is 10.1. The maximum Gasteiger partial charge on any atom is 0.231 e. The average molecular weight is 325 g/mol. The Hall–Kier alpha value is -1.99. The van der Waals surface area contributed by atoms with Crippen molar-refractivity contribution < 1.29 is 4.79 Å². The summed E-state index contributed by atoms with van der Waals surface area (Å²) in [7, 11) is 0. The number of carbonyl (C=O) groups is 1. The molecular formula is C14H21ClN6O. The van der Waals surface area contributed by atoms with Gasteiger partial charge in [0.15, 0.2) is 0 Å². The first-order valence-electron chi connectivity index (χ1n) is 7.00. The molecule has 0 unspecified atom stereocenters. The topological polar surface area (TPSA) is 110 Å². The van der Waals surface area contributed by atoms with Crippen LogP contribution in [0.2, 0.25) is 0 Å². The van der Waals surface area contributed by atoms with E-state index in [1.54, 1.807) is 0 Å². The highest BCUT2D eigenvalue weighted by molar-refractivity contribution is 5.95. The van der Waals surface area contributed by atoms with Crippen LogP contribution in [0.3, 0.4) is 0 Å². The Morgan fingerprint density at radius 1 is 1.27 bits per heavy atom. The van der Waals surface area contributed by atoms with Gasteiger partial charge in [-0.05, 0) is 42.3 Å². The first-order valence-corrected chi connectivity index (χ1v) is 7.00.